The van der Waals surface area contributed by atoms with E-state index in [9.17, 15) is 0 Å². The van der Waals surface area contributed by atoms with Gasteiger partial charge in [0.2, 0.25) is 0 Å². The van der Waals surface area contributed by atoms with Crippen LogP contribution in [-0.2, 0) is 0 Å². The number of rotatable bonds is 5. The zero-order valence-corrected chi connectivity index (χ0v) is 20.1. The second kappa shape index (κ2) is 9.40. The molecule has 162 valence electrons. The summed E-state index contributed by atoms with van der Waals surface area (Å²) in [6.45, 7) is 18.8. The lowest BCUT2D eigenvalue weighted by Gasteiger charge is -2.44. The monoisotopic (exact) mass is 394 g/mol. The van der Waals surface area contributed by atoms with Gasteiger partial charge in [0, 0.05) is 0 Å². The summed E-state index contributed by atoms with van der Waals surface area (Å²) in [5, 5.41) is 0. The highest BCUT2D eigenvalue weighted by Crippen LogP contribution is 2.59. The smallest absolute Gasteiger partial charge is 0.0143 e. The van der Waals surface area contributed by atoms with E-state index in [4.69, 9.17) is 0 Å². The van der Waals surface area contributed by atoms with E-state index in [2.05, 4.69) is 72.4 Å². The van der Waals surface area contributed by atoms with E-state index >= 15 is 0 Å². The van der Waals surface area contributed by atoms with Crippen molar-refractivity contribution in [2.45, 2.75) is 92.9 Å². The summed E-state index contributed by atoms with van der Waals surface area (Å²) in [5.74, 6) is 4.44. The van der Waals surface area contributed by atoms with E-state index in [1.54, 1.807) is 11.1 Å². The third-order valence-corrected chi connectivity index (χ3v) is 8.66. The number of hydrogen-bond donors (Lipinski definition) is 0. The molecule has 0 N–H and O–H groups in total. The Labute approximate surface area is 181 Å². The quantitative estimate of drug-likeness (QED) is 0.408. The summed E-state index contributed by atoms with van der Waals surface area (Å²) < 4.78 is 0. The first kappa shape index (κ1) is 22.6. The molecule has 6 atom stereocenters. The van der Waals surface area contributed by atoms with Crippen LogP contribution >= 0.6 is 0 Å². The van der Waals surface area contributed by atoms with Gasteiger partial charge in [-0.3, -0.25) is 0 Å². The fourth-order valence-corrected chi connectivity index (χ4v) is 6.82. The van der Waals surface area contributed by atoms with Crippen molar-refractivity contribution in [3.63, 3.8) is 0 Å². The minimum atomic E-state index is 0.506. The van der Waals surface area contributed by atoms with Gasteiger partial charge in [-0.25, -0.2) is 0 Å². The first-order valence-corrected chi connectivity index (χ1v) is 12.5. The molecule has 0 heterocycles. The number of allylic oxidation sites excluding steroid dienone is 7. The van der Waals surface area contributed by atoms with Crippen LogP contribution in [0, 0.1) is 40.9 Å². The van der Waals surface area contributed by atoms with Crippen molar-refractivity contribution in [2.75, 3.05) is 0 Å². The van der Waals surface area contributed by atoms with Crippen LogP contribution in [0.15, 0.2) is 47.6 Å². The Morgan fingerprint density at radius 1 is 1.07 bits per heavy atom. The zero-order valence-electron chi connectivity index (χ0n) is 20.1. The second-order valence-corrected chi connectivity index (χ2v) is 11.4. The van der Waals surface area contributed by atoms with Crippen LogP contribution in [-0.4, -0.2) is 0 Å². The Balaban J connectivity index is 1.72. The van der Waals surface area contributed by atoms with E-state index in [0.717, 1.165) is 17.8 Å². The SMILES string of the molecule is C=C1[C@H](C)CC(=C/C=C2\CCC[C@]3(C)[C@@H]([C@@H](C)/C=C/CC(C)C)CC[C@@H]23)C[C@H]1C. The molecule has 0 aromatic heterocycles. The van der Waals surface area contributed by atoms with E-state index in [-0.39, 0.29) is 0 Å². The molecule has 0 radical (unpaired) electrons. The van der Waals surface area contributed by atoms with Gasteiger partial charge in [-0.2, -0.15) is 0 Å². The van der Waals surface area contributed by atoms with Crippen LogP contribution in [0.25, 0.3) is 0 Å². The largest absolute Gasteiger partial charge is 0.0993 e. The first-order chi connectivity index (χ1) is 13.7. The Bertz CT molecular complexity index is 656. The fourth-order valence-electron chi connectivity index (χ4n) is 6.82. The van der Waals surface area contributed by atoms with Crippen molar-refractivity contribution in [1.29, 1.82) is 0 Å². The first-order valence-electron chi connectivity index (χ1n) is 12.5. The highest BCUT2D eigenvalue weighted by Gasteiger charge is 2.50. The molecule has 3 aliphatic carbocycles. The van der Waals surface area contributed by atoms with Gasteiger partial charge in [0.1, 0.15) is 0 Å². The summed E-state index contributed by atoms with van der Waals surface area (Å²) in [6.07, 6.45) is 20.7. The molecule has 29 heavy (non-hydrogen) atoms. The van der Waals surface area contributed by atoms with Crippen LogP contribution in [0.1, 0.15) is 92.9 Å². The molecular weight excluding hydrogens is 348 g/mol. The molecule has 3 aliphatic rings. The van der Waals surface area contributed by atoms with E-state index in [0.29, 0.717) is 23.2 Å². The predicted molar refractivity (Wildman–Crippen MR) is 129 cm³/mol. The number of fused-ring (bicyclic) bond motifs is 1. The predicted octanol–water partition coefficient (Wildman–Crippen LogP) is 8.92. The zero-order chi connectivity index (χ0) is 21.2. The van der Waals surface area contributed by atoms with Gasteiger partial charge in [-0.1, -0.05) is 89.1 Å². The lowest BCUT2D eigenvalue weighted by molar-refractivity contribution is 0.112. The fraction of sp³-hybridized carbons (Fsp3) is 0.724. The average molecular weight is 395 g/mol. The molecule has 0 unspecified atom stereocenters. The summed E-state index contributed by atoms with van der Waals surface area (Å²) in [6, 6.07) is 0. The van der Waals surface area contributed by atoms with Crippen molar-refractivity contribution in [3.8, 4) is 0 Å². The molecule has 0 saturated heterocycles. The van der Waals surface area contributed by atoms with Crippen molar-refractivity contribution in [2.24, 2.45) is 40.9 Å². The third kappa shape index (κ3) is 5.00. The molecule has 0 bridgehead atoms. The molecule has 3 saturated carbocycles. The summed E-state index contributed by atoms with van der Waals surface area (Å²) in [7, 11) is 0. The molecule has 0 aromatic rings. The van der Waals surface area contributed by atoms with E-state index < -0.39 is 0 Å². The van der Waals surface area contributed by atoms with E-state index in [1.807, 2.05) is 0 Å². The minimum absolute atomic E-state index is 0.506. The lowest BCUT2D eigenvalue weighted by Crippen LogP contribution is -2.35. The normalized spacial score (nSPS) is 38.1. The highest BCUT2D eigenvalue weighted by molar-refractivity contribution is 5.28. The van der Waals surface area contributed by atoms with Gasteiger partial charge < -0.3 is 0 Å². The molecule has 0 nitrogen and oxygen atoms in total. The number of hydrogen-bond acceptors (Lipinski definition) is 0. The molecule has 0 aromatic carbocycles. The molecule has 3 rings (SSSR count). The maximum atomic E-state index is 4.32. The van der Waals surface area contributed by atoms with Crippen molar-refractivity contribution in [1.82, 2.24) is 0 Å². The van der Waals surface area contributed by atoms with Gasteiger partial charge in [0.25, 0.3) is 0 Å². The van der Waals surface area contributed by atoms with Crippen LogP contribution in [0.2, 0.25) is 0 Å². The maximum absolute atomic E-state index is 4.32. The van der Waals surface area contributed by atoms with Crippen molar-refractivity contribution >= 4 is 0 Å². The lowest BCUT2D eigenvalue weighted by atomic mass is 9.61. The highest BCUT2D eigenvalue weighted by atomic mass is 14.5. The molecule has 3 fully saturated rings. The topological polar surface area (TPSA) is 0 Å². The third-order valence-electron chi connectivity index (χ3n) is 8.66. The van der Waals surface area contributed by atoms with Crippen LogP contribution < -0.4 is 0 Å². The van der Waals surface area contributed by atoms with Crippen LogP contribution in [0.5, 0.6) is 0 Å². The van der Waals surface area contributed by atoms with Crippen molar-refractivity contribution in [3.05, 3.63) is 47.6 Å². The summed E-state index contributed by atoms with van der Waals surface area (Å²) in [5.41, 5.74) is 5.37. The Kier molecular flexibility index (Phi) is 7.34. The minimum Gasteiger partial charge on any atom is -0.0993 e. The molecule has 0 aliphatic heterocycles. The maximum Gasteiger partial charge on any atom is -0.0143 e. The Hall–Kier alpha value is -1.04. The van der Waals surface area contributed by atoms with Crippen LogP contribution in [0.4, 0.5) is 0 Å². The van der Waals surface area contributed by atoms with Gasteiger partial charge in [-0.15, -0.1) is 0 Å². The molecule has 0 heteroatoms. The Morgan fingerprint density at radius 2 is 1.76 bits per heavy atom. The average Bonchev–Trinajstić information content (AvgIpc) is 3.01. The second-order valence-electron chi connectivity index (χ2n) is 11.4. The molecular formula is C29H46. The van der Waals surface area contributed by atoms with Gasteiger partial charge in [0.15, 0.2) is 0 Å². The molecule has 0 amide bonds. The standard InChI is InChI=1S/C29H46/c1-20(2)10-8-11-21(3)27-15-16-28-26(12-9-17-29(27,28)7)14-13-25-18-22(4)24(6)23(5)19-25/h8,11,13-14,20-23,27-28H,6,9-10,12,15-19H2,1-5,7H3/b11-8+,26-14+/t21-,22+,23+,27+,28-,29+/m0/s1. The molecule has 0 spiro atoms. The summed E-state index contributed by atoms with van der Waals surface area (Å²) >= 11 is 0. The van der Waals surface area contributed by atoms with Gasteiger partial charge in [0.05, 0.1) is 0 Å². The van der Waals surface area contributed by atoms with Gasteiger partial charge in [-0.05, 0) is 92.3 Å². The van der Waals surface area contributed by atoms with E-state index in [1.165, 1.54) is 56.9 Å². The Morgan fingerprint density at radius 3 is 2.41 bits per heavy atom. The van der Waals surface area contributed by atoms with Gasteiger partial charge >= 0.3 is 0 Å². The van der Waals surface area contributed by atoms with Crippen molar-refractivity contribution < 1.29 is 0 Å². The summed E-state index contributed by atoms with van der Waals surface area (Å²) in [4.78, 5) is 0. The van der Waals surface area contributed by atoms with Crippen LogP contribution in [0.3, 0.4) is 0 Å².